The topological polar surface area (TPSA) is 101 Å². The Hall–Kier alpha value is -3.56. The Morgan fingerprint density at radius 2 is 2.22 bits per heavy atom. The molecule has 0 aliphatic carbocycles. The van der Waals surface area contributed by atoms with Crippen LogP contribution in [0.5, 0.6) is 0 Å². The molecule has 3 heterocycles. The molecule has 2 aromatic heterocycles. The number of nitrogens with zero attached hydrogens (tertiary/aromatic N) is 6. The number of halogens is 1. The van der Waals surface area contributed by atoms with Crippen molar-refractivity contribution in [2.24, 2.45) is 0 Å². The van der Waals surface area contributed by atoms with Crippen molar-refractivity contribution in [1.82, 2.24) is 30.3 Å². The van der Waals surface area contributed by atoms with Crippen molar-refractivity contribution in [3.8, 4) is 5.69 Å². The highest BCUT2D eigenvalue weighted by molar-refractivity contribution is 5.98. The van der Waals surface area contributed by atoms with E-state index in [0.29, 0.717) is 29.6 Å². The van der Waals surface area contributed by atoms with Crippen molar-refractivity contribution in [3.63, 3.8) is 0 Å². The van der Waals surface area contributed by atoms with Gasteiger partial charge < -0.3 is 15.5 Å². The third-order valence-electron chi connectivity index (χ3n) is 4.18. The summed E-state index contributed by atoms with van der Waals surface area (Å²) in [5.74, 6) is -0.228. The summed E-state index contributed by atoms with van der Waals surface area (Å²) in [6.07, 6.45) is 1.31. The fourth-order valence-electron chi connectivity index (χ4n) is 3.07. The Morgan fingerprint density at radius 3 is 3.04 bits per heavy atom. The van der Waals surface area contributed by atoms with Crippen LogP contribution in [0.1, 0.15) is 26.2 Å². The van der Waals surface area contributed by atoms with Gasteiger partial charge in [-0.3, -0.25) is 4.79 Å². The van der Waals surface area contributed by atoms with Crippen molar-refractivity contribution in [2.45, 2.75) is 13.5 Å². The summed E-state index contributed by atoms with van der Waals surface area (Å²) in [7, 11) is 1.78. The fraction of sp³-hybridized carbons (Fsp3) is 0.235. The second-order valence-corrected chi connectivity index (χ2v) is 6.01. The van der Waals surface area contributed by atoms with Crippen molar-refractivity contribution in [1.29, 1.82) is 0 Å². The maximum absolute atomic E-state index is 14.9. The molecule has 2 N–H and O–H groups in total. The lowest BCUT2D eigenvalue weighted by Crippen LogP contribution is -2.28. The lowest BCUT2D eigenvalue weighted by Gasteiger charge is -2.30. The minimum Gasteiger partial charge on any atom is -0.364 e. The molecule has 10 heteroatoms. The molecule has 0 unspecified atom stereocenters. The number of rotatable bonds is 3. The molecule has 27 heavy (non-hydrogen) atoms. The van der Waals surface area contributed by atoms with Crippen LogP contribution in [-0.4, -0.2) is 44.9 Å². The molecule has 1 aliphatic heterocycles. The van der Waals surface area contributed by atoms with Gasteiger partial charge in [0.25, 0.3) is 5.91 Å². The van der Waals surface area contributed by atoms with Gasteiger partial charge in [-0.05, 0) is 25.1 Å². The average Bonchev–Trinajstić information content (AvgIpc) is 3.02. The first kappa shape index (κ1) is 13.6. The number of anilines is 3. The first-order valence-electron chi connectivity index (χ1n) is 9.52. The highest BCUT2D eigenvalue weighted by Crippen LogP contribution is 2.40. The SMILES string of the molecule is [2H]C([2H])([2H])NC(=O)c1nnccc1Nc1c(F)ccc2c1N(C)Cc1nc(C)nn1-2. The van der Waals surface area contributed by atoms with Gasteiger partial charge in [0.1, 0.15) is 17.3 Å². The quantitative estimate of drug-likeness (QED) is 0.720. The van der Waals surface area contributed by atoms with Crippen LogP contribution in [0.2, 0.25) is 0 Å². The zero-order chi connectivity index (χ0) is 21.6. The van der Waals surface area contributed by atoms with E-state index >= 15 is 0 Å². The maximum Gasteiger partial charge on any atom is 0.273 e. The number of carbonyl (C=O) groups excluding carboxylic acids is 1. The largest absolute Gasteiger partial charge is 0.364 e. The van der Waals surface area contributed by atoms with Crippen molar-refractivity contribution < 1.29 is 13.3 Å². The molecule has 3 aromatic rings. The summed E-state index contributed by atoms with van der Waals surface area (Å²) in [6.45, 7) is -0.538. The van der Waals surface area contributed by atoms with E-state index in [1.54, 1.807) is 29.6 Å². The molecule has 1 aliphatic rings. The lowest BCUT2D eigenvalue weighted by molar-refractivity contribution is 0.0958. The summed E-state index contributed by atoms with van der Waals surface area (Å²) in [6, 6.07) is 4.28. The zero-order valence-corrected chi connectivity index (χ0v) is 14.5. The molecule has 1 amide bonds. The number of amides is 1. The van der Waals surface area contributed by atoms with Crippen LogP contribution < -0.4 is 15.5 Å². The smallest absolute Gasteiger partial charge is 0.273 e. The van der Waals surface area contributed by atoms with Gasteiger partial charge in [0.2, 0.25) is 0 Å². The molecule has 138 valence electrons. The maximum atomic E-state index is 14.9. The van der Waals surface area contributed by atoms with E-state index in [1.165, 1.54) is 18.3 Å². The Morgan fingerprint density at radius 1 is 1.37 bits per heavy atom. The van der Waals surface area contributed by atoms with E-state index in [4.69, 9.17) is 4.11 Å². The molecule has 0 atom stereocenters. The number of nitrogens with one attached hydrogen (secondary N) is 2. The Bertz CT molecular complexity index is 1150. The number of hydrogen-bond donors (Lipinski definition) is 2. The Labute approximate surface area is 158 Å². The lowest BCUT2D eigenvalue weighted by atomic mass is 10.1. The molecule has 0 spiro atoms. The molecule has 0 bridgehead atoms. The summed E-state index contributed by atoms with van der Waals surface area (Å²) >= 11 is 0. The van der Waals surface area contributed by atoms with Crippen LogP contribution in [0.4, 0.5) is 21.5 Å². The van der Waals surface area contributed by atoms with Crippen LogP contribution in [0, 0.1) is 12.7 Å². The van der Waals surface area contributed by atoms with E-state index < -0.39 is 18.7 Å². The fourth-order valence-corrected chi connectivity index (χ4v) is 3.07. The van der Waals surface area contributed by atoms with E-state index in [1.807, 2.05) is 5.32 Å². The van der Waals surface area contributed by atoms with Crippen molar-refractivity contribution in [3.05, 3.63) is 47.6 Å². The number of fused-ring (bicyclic) bond motifs is 3. The normalized spacial score (nSPS) is 14.5. The van der Waals surface area contributed by atoms with Crippen molar-refractivity contribution in [2.75, 3.05) is 24.2 Å². The van der Waals surface area contributed by atoms with E-state index in [2.05, 4.69) is 25.6 Å². The Kier molecular flexibility index (Phi) is 3.18. The zero-order valence-electron chi connectivity index (χ0n) is 17.5. The monoisotopic (exact) mass is 371 g/mol. The summed E-state index contributed by atoms with van der Waals surface area (Å²) in [4.78, 5) is 18.5. The van der Waals surface area contributed by atoms with E-state index in [0.717, 1.165) is 0 Å². The molecular weight excluding hydrogens is 351 g/mol. The number of hydrogen-bond acceptors (Lipinski definition) is 7. The summed E-state index contributed by atoms with van der Waals surface area (Å²) < 4.78 is 38.1. The molecular formula is C17H17FN8O. The predicted octanol–water partition coefficient (Wildman–Crippen LogP) is 1.56. The number of aromatic nitrogens is 5. The second-order valence-electron chi connectivity index (χ2n) is 6.01. The van der Waals surface area contributed by atoms with Gasteiger partial charge >= 0.3 is 0 Å². The van der Waals surface area contributed by atoms with Crippen LogP contribution in [0.15, 0.2) is 24.4 Å². The van der Waals surface area contributed by atoms with Gasteiger partial charge in [-0.1, -0.05) is 0 Å². The highest BCUT2D eigenvalue weighted by Gasteiger charge is 2.27. The van der Waals surface area contributed by atoms with E-state index in [9.17, 15) is 9.18 Å². The predicted molar refractivity (Wildman–Crippen MR) is 96.9 cm³/mol. The van der Waals surface area contributed by atoms with Gasteiger partial charge in [-0.25, -0.2) is 14.1 Å². The van der Waals surface area contributed by atoms with Crippen molar-refractivity contribution >= 4 is 23.0 Å². The van der Waals surface area contributed by atoms with Gasteiger partial charge in [0.15, 0.2) is 11.5 Å². The summed E-state index contributed by atoms with van der Waals surface area (Å²) in [5.41, 5.74) is 1.03. The number of benzene rings is 1. The Balaban J connectivity index is 1.79. The molecule has 4 rings (SSSR count). The molecule has 9 nitrogen and oxygen atoms in total. The molecule has 0 fully saturated rings. The van der Waals surface area contributed by atoms with Crippen LogP contribution >= 0.6 is 0 Å². The van der Waals surface area contributed by atoms with Gasteiger partial charge in [0.05, 0.1) is 29.8 Å². The first-order chi connectivity index (χ1) is 14.1. The van der Waals surface area contributed by atoms with Crippen LogP contribution in [-0.2, 0) is 6.54 Å². The molecule has 0 saturated carbocycles. The minimum atomic E-state index is -2.70. The highest BCUT2D eigenvalue weighted by atomic mass is 19.1. The van der Waals surface area contributed by atoms with Gasteiger partial charge in [-0.2, -0.15) is 10.2 Å². The minimum absolute atomic E-state index is 0.0877. The number of aryl methyl sites for hydroxylation is 1. The third-order valence-corrected chi connectivity index (χ3v) is 4.18. The molecule has 0 saturated heterocycles. The second kappa shape index (κ2) is 6.31. The molecule has 0 radical (unpaired) electrons. The molecule has 1 aromatic carbocycles. The van der Waals surface area contributed by atoms with E-state index in [-0.39, 0.29) is 17.1 Å². The standard InChI is InChI=1S/C17H17FN8O/c1-9-21-13-8-25(3)16-12(26(13)24-9)5-4-10(18)14(16)22-11-6-7-20-23-15(11)17(27)19-2/h4-7H,8H2,1-3H3,(H,19,27)(H,20,22)/i2D3. The summed E-state index contributed by atoms with van der Waals surface area (Å²) in [5, 5.41) is 16.5. The van der Waals surface area contributed by atoms with Gasteiger partial charge in [0, 0.05) is 18.1 Å². The number of carbonyl (C=O) groups is 1. The van der Waals surface area contributed by atoms with Crippen LogP contribution in [0.3, 0.4) is 0 Å². The first-order valence-corrected chi connectivity index (χ1v) is 8.02. The third kappa shape index (κ3) is 2.75. The van der Waals surface area contributed by atoms with Crippen LogP contribution in [0.25, 0.3) is 5.69 Å². The average molecular weight is 371 g/mol. The van der Waals surface area contributed by atoms with Gasteiger partial charge in [-0.15, -0.1) is 5.10 Å².